The van der Waals surface area contributed by atoms with Crippen LogP contribution in [0.1, 0.15) is 134 Å². The van der Waals surface area contributed by atoms with Crippen molar-refractivity contribution >= 4 is 0 Å². The summed E-state index contributed by atoms with van der Waals surface area (Å²) in [5.74, 6) is 4.43. The van der Waals surface area contributed by atoms with Gasteiger partial charge in [-0.3, -0.25) is 0 Å². The Kier molecular flexibility index (Phi) is 9.72. The van der Waals surface area contributed by atoms with Gasteiger partial charge >= 0.3 is 0 Å². The van der Waals surface area contributed by atoms with Gasteiger partial charge in [-0.15, -0.1) is 0 Å². The van der Waals surface area contributed by atoms with E-state index in [1.165, 1.54) is 101 Å². The molecule has 2 aliphatic carbocycles. The van der Waals surface area contributed by atoms with Crippen LogP contribution in [0.15, 0.2) is 48.5 Å². The molecule has 2 aliphatic rings. The molecule has 4 rings (SSSR count). The SMILES string of the molecule is CCCCC[C@H]1CC[C@H](c2ccc(-c3ccc([C@H]4CC[C@H](CC(C)CC)CC4)cc3)cc2)CC1. The highest BCUT2D eigenvalue weighted by atomic mass is 14.3. The zero-order chi connectivity index (χ0) is 23.8. The summed E-state index contributed by atoms with van der Waals surface area (Å²) in [5.41, 5.74) is 5.89. The number of unbranched alkanes of at least 4 members (excludes halogenated alkanes) is 2. The maximum Gasteiger partial charge on any atom is -0.0162 e. The van der Waals surface area contributed by atoms with E-state index in [1.807, 2.05) is 0 Å². The minimum Gasteiger partial charge on any atom is -0.0654 e. The zero-order valence-corrected chi connectivity index (χ0v) is 22.4. The predicted molar refractivity (Wildman–Crippen MR) is 149 cm³/mol. The summed E-state index contributed by atoms with van der Waals surface area (Å²) in [4.78, 5) is 0. The Morgan fingerprint density at radius 3 is 1.53 bits per heavy atom. The Morgan fingerprint density at radius 2 is 1.09 bits per heavy atom. The summed E-state index contributed by atoms with van der Waals surface area (Å²) >= 11 is 0. The van der Waals surface area contributed by atoms with Gasteiger partial charge in [0.2, 0.25) is 0 Å². The van der Waals surface area contributed by atoms with Gasteiger partial charge in [-0.05, 0) is 110 Å². The summed E-state index contributed by atoms with van der Waals surface area (Å²) in [7, 11) is 0. The van der Waals surface area contributed by atoms with Crippen LogP contribution in [0.25, 0.3) is 11.1 Å². The smallest absolute Gasteiger partial charge is 0.0162 e. The van der Waals surface area contributed by atoms with Crippen LogP contribution in [0.5, 0.6) is 0 Å². The molecule has 0 spiro atoms. The van der Waals surface area contributed by atoms with Crippen LogP contribution in [0.3, 0.4) is 0 Å². The van der Waals surface area contributed by atoms with Crippen LogP contribution in [-0.2, 0) is 0 Å². The lowest BCUT2D eigenvalue weighted by Gasteiger charge is -2.30. The van der Waals surface area contributed by atoms with E-state index in [-0.39, 0.29) is 0 Å². The largest absolute Gasteiger partial charge is 0.0654 e. The van der Waals surface area contributed by atoms with Crippen molar-refractivity contribution in [1.29, 1.82) is 0 Å². The Morgan fingerprint density at radius 1 is 0.618 bits per heavy atom. The van der Waals surface area contributed by atoms with E-state index in [4.69, 9.17) is 0 Å². The van der Waals surface area contributed by atoms with Crippen molar-refractivity contribution in [2.45, 2.75) is 122 Å². The molecule has 2 fully saturated rings. The molecule has 0 heterocycles. The molecule has 2 aromatic carbocycles. The zero-order valence-electron chi connectivity index (χ0n) is 22.4. The van der Waals surface area contributed by atoms with Gasteiger partial charge in [0.15, 0.2) is 0 Å². The van der Waals surface area contributed by atoms with Gasteiger partial charge < -0.3 is 0 Å². The van der Waals surface area contributed by atoms with Gasteiger partial charge in [-0.2, -0.15) is 0 Å². The molecule has 0 radical (unpaired) electrons. The molecule has 186 valence electrons. The average molecular weight is 459 g/mol. The molecule has 2 saturated carbocycles. The molecular weight excluding hydrogens is 408 g/mol. The molecular formula is C34H50. The van der Waals surface area contributed by atoms with E-state index in [0.29, 0.717) is 0 Å². The fraction of sp³-hybridized carbons (Fsp3) is 0.647. The van der Waals surface area contributed by atoms with Gasteiger partial charge in [-0.1, -0.05) is 101 Å². The molecule has 0 nitrogen and oxygen atoms in total. The third-order valence-electron chi connectivity index (χ3n) is 9.44. The monoisotopic (exact) mass is 458 g/mol. The molecule has 1 unspecified atom stereocenters. The molecule has 0 aliphatic heterocycles. The molecule has 2 aromatic rings. The first-order valence-corrected chi connectivity index (χ1v) is 14.9. The van der Waals surface area contributed by atoms with Crippen LogP contribution in [0.2, 0.25) is 0 Å². The number of hydrogen-bond acceptors (Lipinski definition) is 0. The van der Waals surface area contributed by atoms with Gasteiger partial charge in [0.05, 0.1) is 0 Å². The van der Waals surface area contributed by atoms with Gasteiger partial charge in [0.25, 0.3) is 0 Å². The summed E-state index contributed by atoms with van der Waals surface area (Å²) in [6.07, 6.45) is 19.8. The standard InChI is InChI=1S/C34H50/c1-4-6-7-8-27-9-13-29(14-10-27)31-17-21-33(22-18-31)34-23-19-32(20-24-34)30-15-11-28(12-16-30)25-26(3)5-2/h17-24,26-30H,4-16,25H2,1-3H3/t26?,27-,28-,29-,30-. The highest BCUT2D eigenvalue weighted by Gasteiger charge is 2.24. The minimum absolute atomic E-state index is 0.779. The van der Waals surface area contributed by atoms with E-state index in [2.05, 4.69) is 69.3 Å². The second-order valence-electron chi connectivity index (χ2n) is 11.9. The fourth-order valence-corrected chi connectivity index (χ4v) is 6.83. The van der Waals surface area contributed by atoms with Gasteiger partial charge in [0.1, 0.15) is 0 Å². The van der Waals surface area contributed by atoms with E-state index >= 15 is 0 Å². The first-order valence-electron chi connectivity index (χ1n) is 14.9. The summed E-state index contributed by atoms with van der Waals surface area (Å²) < 4.78 is 0. The molecule has 1 atom stereocenters. The van der Waals surface area contributed by atoms with Gasteiger partial charge in [-0.25, -0.2) is 0 Å². The van der Waals surface area contributed by atoms with Crippen molar-refractivity contribution in [1.82, 2.24) is 0 Å². The predicted octanol–water partition coefficient (Wildman–Crippen LogP) is 10.9. The number of rotatable bonds is 10. The van der Waals surface area contributed by atoms with Crippen LogP contribution in [0.4, 0.5) is 0 Å². The lowest BCUT2D eigenvalue weighted by atomic mass is 9.75. The number of hydrogen-bond donors (Lipinski definition) is 0. The fourth-order valence-electron chi connectivity index (χ4n) is 6.83. The van der Waals surface area contributed by atoms with Gasteiger partial charge in [0, 0.05) is 0 Å². The third kappa shape index (κ3) is 6.99. The average Bonchev–Trinajstić information content (AvgIpc) is 2.90. The Bertz CT molecular complexity index is 813. The van der Waals surface area contributed by atoms with Crippen LogP contribution in [-0.4, -0.2) is 0 Å². The van der Waals surface area contributed by atoms with Crippen molar-refractivity contribution in [3.63, 3.8) is 0 Å². The Hall–Kier alpha value is -1.56. The molecule has 0 amide bonds. The van der Waals surface area contributed by atoms with Crippen molar-refractivity contribution in [3.05, 3.63) is 59.7 Å². The molecule has 0 saturated heterocycles. The maximum atomic E-state index is 2.43. The highest BCUT2D eigenvalue weighted by molar-refractivity contribution is 5.64. The maximum absolute atomic E-state index is 2.43. The van der Waals surface area contributed by atoms with Crippen LogP contribution < -0.4 is 0 Å². The lowest BCUT2D eigenvalue weighted by molar-refractivity contribution is 0.273. The van der Waals surface area contributed by atoms with E-state index in [0.717, 1.165) is 29.6 Å². The Balaban J connectivity index is 1.27. The second-order valence-corrected chi connectivity index (χ2v) is 11.9. The highest BCUT2D eigenvalue weighted by Crippen LogP contribution is 2.40. The topological polar surface area (TPSA) is 0 Å². The first-order chi connectivity index (χ1) is 16.7. The molecule has 0 N–H and O–H groups in total. The Labute approximate surface area is 211 Å². The second kappa shape index (κ2) is 12.9. The van der Waals surface area contributed by atoms with Crippen molar-refractivity contribution in [2.24, 2.45) is 17.8 Å². The molecule has 0 bridgehead atoms. The summed E-state index contributed by atoms with van der Waals surface area (Å²) in [5, 5.41) is 0. The van der Waals surface area contributed by atoms with E-state index in [9.17, 15) is 0 Å². The lowest BCUT2D eigenvalue weighted by Crippen LogP contribution is -2.15. The molecule has 0 heteroatoms. The molecule has 0 aromatic heterocycles. The van der Waals surface area contributed by atoms with Crippen molar-refractivity contribution in [3.8, 4) is 11.1 Å². The number of benzene rings is 2. The van der Waals surface area contributed by atoms with Crippen molar-refractivity contribution in [2.75, 3.05) is 0 Å². The summed E-state index contributed by atoms with van der Waals surface area (Å²) in [6.45, 7) is 7.08. The van der Waals surface area contributed by atoms with E-state index < -0.39 is 0 Å². The summed E-state index contributed by atoms with van der Waals surface area (Å²) in [6, 6.07) is 19.2. The minimum atomic E-state index is 0.779. The third-order valence-corrected chi connectivity index (χ3v) is 9.44. The van der Waals surface area contributed by atoms with E-state index in [1.54, 1.807) is 11.1 Å². The van der Waals surface area contributed by atoms with Crippen LogP contribution in [0, 0.1) is 17.8 Å². The normalized spacial score (nSPS) is 26.3. The van der Waals surface area contributed by atoms with Crippen LogP contribution >= 0.6 is 0 Å². The first kappa shape index (κ1) is 25.5. The molecule has 34 heavy (non-hydrogen) atoms. The quantitative estimate of drug-likeness (QED) is 0.310. The van der Waals surface area contributed by atoms with Crippen molar-refractivity contribution < 1.29 is 0 Å².